The number of hydrogen-bond donors (Lipinski definition) is 3. The van der Waals surface area contributed by atoms with Gasteiger partial charge >= 0.3 is 11.9 Å². The van der Waals surface area contributed by atoms with Gasteiger partial charge in [0.05, 0.1) is 6.42 Å². The summed E-state index contributed by atoms with van der Waals surface area (Å²) < 4.78 is 0.239. The molecule has 5 nitrogen and oxygen atoms in total. The molecular formula is C8H7NO4S. The third-order valence-corrected chi connectivity index (χ3v) is 1.99. The molecule has 0 aliphatic rings. The Morgan fingerprint density at radius 1 is 1.43 bits per heavy atom. The number of carboxylic acids is 2. The maximum Gasteiger partial charge on any atom is 0.352 e. The van der Waals surface area contributed by atoms with Gasteiger partial charge in [-0.05, 0) is 6.07 Å². The van der Waals surface area contributed by atoms with Gasteiger partial charge in [-0.15, -0.1) is 0 Å². The Hall–Kier alpha value is -1.69. The van der Waals surface area contributed by atoms with E-state index in [2.05, 4.69) is 4.98 Å². The zero-order valence-electron chi connectivity index (χ0n) is 6.98. The number of H-pyrrole nitrogens is 1. The molecule has 0 atom stereocenters. The summed E-state index contributed by atoms with van der Waals surface area (Å²) in [7, 11) is 0. The summed E-state index contributed by atoms with van der Waals surface area (Å²) in [5.41, 5.74) is -0.0394. The van der Waals surface area contributed by atoms with Crippen LogP contribution in [0.2, 0.25) is 0 Å². The van der Waals surface area contributed by atoms with Crippen LogP contribution in [0.25, 0.3) is 0 Å². The summed E-state index contributed by atoms with van der Waals surface area (Å²) in [6.45, 7) is 0. The summed E-state index contributed by atoms with van der Waals surface area (Å²) >= 11 is 4.83. The lowest BCUT2D eigenvalue weighted by molar-refractivity contribution is -0.136. The Morgan fingerprint density at radius 2 is 2.07 bits per heavy atom. The largest absolute Gasteiger partial charge is 0.481 e. The lowest BCUT2D eigenvalue weighted by atomic mass is 10.1. The topological polar surface area (TPSA) is 90.4 Å². The summed E-state index contributed by atoms with van der Waals surface area (Å²) in [5, 5.41) is 17.3. The molecule has 3 N–H and O–H groups in total. The average Bonchev–Trinajstić information content (AvgIpc) is 2.07. The summed E-state index contributed by atoms with van der Waals surface area (Å²) in [6, 6.07) is 1.46. The van der Waals surface area contributed by atoms with Crippen molar-refractivity contribution in [2.24, 2.45) is 0 Å². The number of aromatic carboxylic acids is 1. The molecule has 0 radical (unpaired) electrons. The van der Waals surface area contributed by atoms with Crippen molar-refractivity contribution in [1.29, 1.82) is 0 Å². The average molecular weight is 213 g/mol. The minimum Gasteiger partial charge on any atom is -0.481 e. The fourth-order valence-corrected chi connectivity index (χ4v) is 1.27. The third-order valence-electron chi connectivity index (χ3n) is 1.60. The van der Waals surface area contributed by atoms with Gasteiger partial charge < -0.3 is 15.2 Å². The van der Waals surface area contributed by atoms with E-state index in [1.165, 1.54) is 12.3 Å². The molecule has 0 aromatic carbocycles. The lowest BCUT2D eigenvalue weighted by Crippen LogP contribution is -2.10. The predicted octanol–water partition coefficient (Wildman–Crippen LogP) is 1.07. The molecule has 6 heteroatoms. The Bertz CT molecular complexity index is 437. The second kappa shape index (κ2) is 4.01. The van der Waals surface area contributed by atoms with Crippen molar-refractivity contribution in [3.63, 3.8) is 0 Å². The van der Waals surface area contributed by atoms with Crippen LogP contribution in [0.15, 0.2) is 12.3 Å². The first-order valence-corrected chi connectivity index (χ1v) is 4.09. The quantitative estimate of drug-likeness (QED) is 0.653. The number of carboxylic acid groups (broad SMARTS) is 2. The van der Waals surface area contributed by atoms with Crippen molar-refractivity contribution in [3.8, 4) is 0 Å². The van der Waals surface area contributed by atoms with Crippen molar-refractivity contribution in [2.75, 3.05) is 0 Å². The number of rotatable bonds is 3. The van der Waals surface area contributed by atoms with Crippen LogP contribution in [0.3, 0.4) is 0 Å². The van der Waals surface area contributed by atoms with Crippen LogP contribution in [-0.2, 0) is 11.2 Å². The van der Waals surface area contributed by atoms with Gasteiger partial charge in [-0.2, -0.15) is 0 Å². The molecule has 14 heavy (non-hydrogen) atoms. The molecule has 1 aromatic rings. The fraction of sp³-hybridized carbons (Fsp3) is 0.125. The van der Waals surface area contributed by atoms with Crippen LogP contribution in [0.1, 0.15) is 16.1 Å². The minimum absolute atomic E-state index is 0.127. The smallest absolute Gasteiger partial charge is 0.352 e. The number of nitrogens with one attached hydrogen (secondary N) is 1. The normalized spacial score (nSPS) is 9.71. The highest BCUT2D eigenvalue weighted by atomic mass is 32.1. The first-order chi connectivity index (χ1) is 6.52. The van der Waals surface area contributed by atoms with Crippen molar-refractivity contribution >= 4 is 24.2 Å². The van der Waals surface area contributed by atoms with Gasteiger partial charge in [0.15, 0.2) is 0 Å². The minimum atomic E-state index is -1.21. The SMILES string of the molecule is O=C(O)Cc1c(C(=O)O)[nH]ccc1=S. The van der Waals surface area contributed by atoms with Crippen LogP contribution in [-0.4, -0.2) is 27.1 Å². The second-order valence-electron chi connectivity index (χ2n) is 2.57. The molecule has 0 aliphatic carbocycles. The molecule has 74 valence electrons. The van der Waals surface area contributed by atoms with Gasteiger partial charge in [0.2, 0.25) is 0 Å². The van der Waals surface area contributed by atoms with E-state index < -0.39 is 18.4 Å². The molecule has 0 fully saturated rings. The fourth-order valence-electron chi connectivity index (χ4n) is 1.03. The zero-order valence-corrected chi connectivity index (χ0v) is 7.80. The van der Waals surface area contributed by atoms with Gasteiger partial charge in [0.25, 0.3) is 0 Å². The predicted molar refractivity (Wildman–Crippen MR) is 49.9 cm³/mol. The van der Waals surface area contributed by atoms with E-state index >= 15 is 0 Å². The summed E-state index contributed by atoms with van der Waals surface area (Å²) in [6.07, 6.45) is 0.981. The molecule has 1 heterocycles. The molecule has 0 aliphatic heterocycles. The molecule has 1 aromatic heterocycles. The number of pyridine rings is 1. The maximum absolute atomic E-state index is 10.7. The van der Waals surface area contributed by atoms with E-state index in [-0.39, 0.29) is 15.8 Å². The van der Waals surface area contributed by atoms with Gasteiger partial charge in [-0.3, -0.25) is 4.79 Å². The maximum atomic E-state index is 10.7. The summed E-state index contributed by atoms with van der Waals surface area (Å²) in [5.74, 6) is -2.33. The molecule has 0 saturated carbocycles. The zero-order chi connectivity index (χ0) is 10.7. The van der Waals surface area contributed by atoms with Crippen molar-refractivity contribution < 1.29 is 19.8 Å². The molecular weight excluding hydrogens is 206 g/mol. The highest BCUT2D eigenvalue weighted by molar-refractivity contribution is 7.71. The highest BCUT2D eigenvalue weighted by Crippen LogP contribution is 2.09. The van der Waals surface area contributed by atoms with Gasteiger partial charge in [0.1, 0.15) is 5.69 Å². The Labute approximate surface area is 84.0 Å². The first-order valence-electron chi connectivity index (χ1n) is 3.68. The van der Waals surface area contributed by atoms with E-state index in [0.717, 1.165) is 0 Å². The van der Waals surface area contributed by atoms with Gasteiger partial charge in [0, 0.05) is 16.3 Å². The van der Waals surface area contributed by atoms with E-state index in [1.54, 1.807) is 0 Å². The van der Waals surface area contributed by atoms with Gasteiger partial charge in [-0.25, -0.2) is 4.79 Å². The van der Waals surface area contributed by atoms with Gasteiger partial charge in [-0.1, -0.05) is 12.2 Å². The van der Waals surface area contributed by atoms with Crippen molar-refractivity contribution in [3.05, 3.63) is 28.0 Å². The molecule has 0 saturated heterocycles. The monoisotopic (exact) mass is 213 g/mol. The Kier molecular flexibility index (Phi) is 2.98. The lowest BCUT2D eigenvalue weighted by Gasteiger charge is -2.02. The summed E-state index contributed by atoms with van der Waals surface area (Å²) in [4.78, 5) is 23.6. The van der Waals surface area contributed by atoms with Crippen LogP contribution in [0.5, 0.6) is 0 Å². The number of aromatic nitrogens is 1. The molecule has 0 spiro atoms. The number of aromatic amines is 1. The van der Waals surface area contributed by atoms with Crippen molar-refractivity contribution in [2.45, 2.75) is 6.42 Å². The van der Waals surface area contributed by atoms with E-state index in [9.17, 15) is 9.59 Å². The third kappa shape index (κ3) is 2.17. The van der Waals surface area contributed by atoms with Crippen LogP contribution < -0.4 is 0 Å². The standard InChI is InChI=1S/C8H7NO4S/c10-6(11)3-4-5(14)1-2-9-7(4)8(12)13/h1-2H,3H2,(H,9,14)(H,10,11)(H,12,13). The van der Waals surface area contributed by atoms with Crippen LogP contribution in [0.4, 0.5) is 0 Å². The number of aliphatic carboxylic acids is 1. The molecule has 0 bridgehead atoms. The highest BCUT2D eigenvalue weighted by Gasteiger charge is 2.13. The van der Waals surface area contributed by atoms with E-state index in [1.807, 2.05) is 0 Å². The molecule has 1 rings (SSSR count). The number of hydrogen-bond acceptors (Lipinski definition) is 3. The molecule has 0 amide bonds. The Morgan fingerprint density at radius 3 is 2.57 bits per heavy atom. The van der Waals surface area contributed by atoms with Crippen molar-refractivity contribution in [1.82, 2.24) is 4.98 Å². The van der Waals surface area contributed by atoms with Crippen LogP contribution in [0, 0.1) is 4.51 Å². The Balaban J connectivity index is 3.29. The number of carbonyl (C=O) groups is 2. The van der Waals surface area contributed by atoms with Crippen LogP contribution >= 0.6 is 12.2 Å². The second-order valence-corrected chi connectivity index (χ2v) is 3.01. The first kappa shape index (κ1) is 10.4. The van der Waals surface area contributed by atoms with E-state index in [0.29, 0.717) is 0 Å². The van der Waals surface area contributed by atoms with E-state index in [4.69, 9.17) is 22.4 Å². The molecule has 0 unspecified atom stereocenters.